The molecule has 1 aromatic heterocycles. The van der Waals surface area contributed by atoms with Crippen molar-refractivity contribution in [3.8, 4) is 0 Å². The van der Waals surface area contributed by atoms with Gasteiger partial charge < -0.3 is 11.1 Å². The lowest BCUT2D eigenvalue weighted by molar-refractivity contribution is -0.120. The maximum absolute atomic E-state index is 11.1. The average molecular weight is 263 g/mol. The van der Waals surface area contributed by atoms with Gasteiger partial charge >= 0.3 is 0 Å². The van der Waals surface area contributed by atoms with E-state index in [1.165, 1.54) is 5.56 Å². The Kier molecular flexibility index (Phi) is 7.82. The first-order valence-corrected chi connectivity index (χ1v) is 7.10. The van der Waals surface area contributed by atoms with Crippen LogP contribution in [0.25, 0.3) is 0 Å². The molecule has 0 aliphatic carbocycles. The third-order valence-corrected chi connectivity index (χ3v) is 3.17. The number of rotatable bonds is 9. The van der Waals surface area contributed by atoms with E-state index in [-0.39, 0.29) is 5.91 Å². The molecule has 4 nitrogen and oxygen atoms in total. The van der Waals surface area contributed by atoms with Crippen LogP contribution in [-0.2, 0) is 17.6 Å². The second kappa shape index (κ2) is 9.50. The van der Waals surface area contributed by atoms with E-state index in [2.05, 4.69) is 22.4 Å². The molecule has 19 heavy (non-hydrogen) atoms. The first-order valence-electron chi connectivity index (χ1n) is 7.10. The Bertz CT molecular complexity index is 362. The summed E-state index contributed by atoms with van der Waals surface area (Å²) in [6, 6.07) is 4.25. The molecule has 0 aromatic carbocycles. The molecule has 106 valence electrons. The van der Waals surface area contributed by atoms with Crippen LogP contribution >= 0.6 is 0 Å². The van der Waals surface area contributed by atoms with E-state index in [0.717, 1.165) is 50.8 Å². The molecule has 0 saturated heterocycles. The standard InChI is InChI=1S/C15H25N3O/c1-17-15(19)8-3-2-7-14-10-9-13(12-18-14)6-4-5-11-16/h9-10,12H,2-8,11,16H2,1H3,(H,17,19). The highest BCUT2D eigenvalue weighted by Crippen LogP contribution is 2.08. The molecule has 1 rings (SSSR count). The highest BCUT2D eigenvalue weighted by atomic mass is 16.1. The minimum atomic E-state index is 0.114. The van der Waals surface area contributed by atoms with Gasteiger partial charge in [0.25, 0.3) is 0 Å². The van der Waals surface area contributed by atoms with Crippen molar-refractivity contribution in [3.63, 3.8) is 0 Å². The summed E-state index contributed by atoms with van der Waals surface area (Å²) >= 11 is 0. The van der Waals surface area contributed by atoms with Crippen LogP contribution in [0.2, 0.25) is 0 Å². The minimum absolute atomic E-state index is 0.114. The molecule has 3 N–H and O–H groups in total. The van der Waals surface area contributed by atoms with Crippen molar-refractivity contribution in [3.05, 3.63) is 29.6 Å². The molecule has 0 unspecified atom stereocenters. The summed E-state index contributed by atoms with van der Waals surface area (Å²) in [5.74, 6) is 0.114. The number of unbranched alkanes of at least 4 members (excludes halogenated alkanes) is 2. The van der Waals surface area contributed by atoms with Crippen LogP contribution in [0, 0.1) is 0 Å². The number of hydrogen-bond acceptors (Lipinski definition) is 3. The number of carbonyl (C=O) groups excluding carboxylic acids is 1. The maximum atomic E-state index is 11.1. The lowest BCUT2D eigenvalue weighted by atomic mass is 10.1. The monoisotopic (exact) mass is 263 g/mol. The maximum Gasteiger partial charge on any atom is 0.219 e. The normalized spacial score (nSPS) is 10.4. The summed E-state index contributed by atoms with van der Waals surface area (Å²) in [5, 5.41) is 2.63. The van der Waals surface area contributed by atoms with E-state index in [4.69, 9.17) is 5.73 Å². The van der Waals surface area contributed by atoms with Gasteiger partial charge in [0.05, 0.1) is 0 Å². The van der Waals surface area contributed by atoms with Crippen LogP contribution in [0.15, 0.2) is 18.3 Å². The zero-order valence-corrected chi connectivity index (χ0v) is 11.8. The second-order valence-electron chi connectivity index (χ2n) is 4.78. The quantitative estimate of drug-likeness (QED) is 0.668. The predicted octanol–water partition coefficient (Wildman–Crippen LogP) is 1.82. The minimum Gasteiger partial charge on any atom is -0.359 e. The lowest BCUT2D eigenvalue weighted by Gasteiger charge is -2.03. The second-order valence-corrected chi connectivity index (χ2v) is 4.78. The Morgan fingerprint density at radius 2 is 2.00 bits per heavy atom. The van der Waals surface area contributed by atoms with Gasteiger partial charge in [0.2, 0.25) is 5.91 Å². The third-order valence-electron chi connectivity index (χ3n) is 3.17. The number of carbonyl (C=O) groups is 1. The van der Waals surface area contributed by atoms with Crippen molar-refractivity contribution in [2.24, 2.45) is 5.73 Å². The van der Waals surface area contributed by atoms with Crippen LogP contribution in [0.1, 0.15) is 43.4 Å². The molecular formula is C15H25N3O. The van der Waals surface area contributed by atoms with Crippen molar-refractivity contribution >= 4 is 5.91 Å². The van der Waals surface area contributed by atoms with Crippen LogP contribution in [0.3, 0.4) is 0 Å². The highest BCUT2D eigenvalue weighted by Gasteiger charge is 2.00. The number of nitrogens with one attached hydrogen (secondary N) is 1. The van der Waals surface area contributed by atoms with Gasteiger partial charge in [-0.2, -0.15) is 0 Å². The fraction of sp³-hybridized carbons (Fsp3) is 0.600. The summed E-state index contributed by atoms with van der Waals surface area (Å²) in [6.07, 6.45) is 8.69. The van der Waals surface area contributed by atoms with Crippen LogP contribution in [-0.4, -0.2) is 24.5 Å². The Labute approximate surface area is 115 Å². The molecule has 0 radical (unpaired) electrons. The number of nitrogens with two attached hydrogens (primary N) is 1. The molecule has 0 aliphatic rings. The molecule has 0 bridgehead atoms. The van der Waals surface area contributed by atoms with E-state index in [9.17, 15) is 4.79 Å². The topological polar surface area (TPSA) is 68.0 Å². The Morgan fingerprint density at radius 1 is 1.21 bits per heavy atom. The Morgan fingerprint density at radius 3 is 2.63 bits per heavy atom. The van der Waals surface area contributed by atoms with Gasteiger partial charge in [-0.3, -0.25) is 9.78 Å². The van der Waals surface area contributed by atoms with Gasteiger partial charge in [-0.05, 0) is 56.7 Å². The summed E-state index contributed by atoms with van der Waals surface area (Å²) in [5.41, 5.74) is 7.86. The molecule has 1 amide bonds. The number of aryl methyl sites for hydroxylation is 2. The molecule has 1 heterocycles. The average Bonchev–Trinajstić information content (AvgIpc) is 2.45. The molecular weight excluding hydrogens is 238 g/mol. The van der Waals surface area contributed by atoms with Crippen molar-refractivity contribution in [2.75, 3.05) is 13.6 Å². The van der Waals surface area contributed by atoms with E-state index in [0.29, 0.717) is 6.42 Å². The van der Waals surface area contributed by atoms with Crippen LogP contribution in [0.5, 0.6) is 0 Å². The number of hydrogen-bond donors (Lipinski definition) is 2. The fourth-order valence-corrected chi connectivity index (χ4v) is 1.94. The summed E-state index contributed by atoms with van der Waals surface area (Å²) in [7, 11) is 1.67. The van der Waals surface area contributed by atoms with E-state index in [1.54, 1.807) is 7.05 Å². The Hall–Kier alpha value is -1.42. The van der Waals surface area contributed by atoms with Crippen molar-refractivity contribution in [1.29, 1.82) is 0 Å². The summed E-state index contributed by atoms with van der Waals surface area (Å²) in [6.45, 7) is 0.761. The van der Waals surface area contributed by atoms with E-state index in [1.807, 2.05) is 6.20 Å². The number of pyridine rings is 1. The fourth-order valence-electron chi connectivity index (χ4n) is 1.94. The molecule has 4 heteroatoms. The van der Waals surface area contributed by atoms with Gasteiger partial charge in [-0.15, -0.1) is 0 Å². The summed E-state index contributed by atoms with van der Waals surface area (Å²) in [4.78, 5) is 15.5. The SMILES string of the molecule is CNC(=O)CCCCc1ccc(CCCCN)cn1. The van der Waals surface area contributed by atoms with Crippen LogP contribution < -0.4 is 11.1 Å². The first-order chi connectivity index (χ1) is 9.26. The Balaban J connectivity index is 2.22. The lowest BCUT2D eigenvalue weighted by Crippen LogP contribution is -2.16. The van der Waals surface area contributed by atoms with Gasteiger partial charge in [-0.1, -0.05) is 6.07 Å². The number of amides is 1. The van der Waals surface area contributed by atoms with Gasteiger partial charge in [0, 0.05) is 25.4 Å². The van der Waals surface area contributed by atoms with E-state index < -0.39 is 0 Å². The smallest absolute Gasteiger partial charge is 0.219 e. The molecule has 0 saturated carbocycles. The van der Waals surface area contributed by atoms with Crippen molar-refractivity contribution in [1.82, 2.24) is 10.3 Å². The summed E-state index contributed by atoms with van der Waals surface area (Å²) < 4.78 is 0. The van der Waals surface area contributed by atoms with Gasteiger partial charge in [0.15, 0.2) is 0 Å². The predicted molar refractivity (Wildman–Crippen MR) is 77.9 cm³/mol. The number of nitrogens with zero attached hydrogens (tertiary/aromatic N) is 1. The van der Waals surface area contributed by atoms with Crippen molar-refractivity contribution in [2.45, 2.75) is 44.9 Å². The first kappa shape index (κ1) is 15.6. The third kappa shape index (κ3) is 6.91. The molecule has 0 aliphatic heterocycles. The zero-order chi connectivity index (χ0) is 13.9. The van der Waals surface area contributed by atoms with Gasteiger partial charge in [-0.25, -0.2) is 0 Å². The van der Waals surface area contributed by atoms with Crippen LogP contribution in [0.4, 0.5) is 0 Å². The van der Waals surface area contributed by atoms with E-state index >= 15 is 0 Å². The molecule has 0 spiro atoms. The molecule has 1 aromatic rings. The largest absolute Gasteiger partial charge is 0.359 e. The molecule has 0 atom stereocenters. The zero-order valence-electron chi connectivity index (χ0n) is 11.8. The van der Waals surface area contributed by atoms with Crippen molar-refractivity contribution < 1.29 is 4.79 Å². The van der Waals surface area contributed by atoms with Gasteiger partial charge in [0.1, 0.15) is 0 Å². The highest BCUT2D eigenvalue weighted by molar-refractivity contribution is 5.75. The molecule has 0 fully saturated rings. The number of aromatic nitrogens is 1.